The summed E-state index contributed by atoms with van der Waals surface area (Å²) in [4.78, 5) is 3.95. The molecule has 0 aliphatic carbocycles. The summed E-state index contributed by atoms with van der Waals surface area (Å²) in [5, 5.41) is 10.3. The fraction of sp³-hybridized carbons (Fsp3) is 0.214. The molecule has 2 rings (SSSR count). The molecule has 2 nitrogen and oxygen atoms in total. The summed E-state index contributed by atoms with van der Waals surface area (Å²) >= 11 is 0. The van der Waals surface area contributed by atoms with Crippen molar-refractivity contribution in [3.8, 4) is 0 Å². The number of benzene rings is 1. The zero-order valence-electron chi connectivity index (χ0n) is 9.51. The van der Waals surface area contributed by atoms with Gasteiger partial charge < -0.3 is 5.11 Å². The van der Waals surface area contributed by atoms with Gasteiger partial charge in [-0.3, -0.25) is 4.98 Å². The molecule has 0 saturated carbocycles. The molecule has 1 atom stereocenters. The standard InChI is InChI=1S/C14H15NO/c1-10-3-4-11(2)13(9-10)14(16)12-5-7-15-8-6-12/h3-9,14,16H,1-2H3. The Morgan fingerprint density at radius 3 is 2.44 bits per heavy atom. The Hall–Kier alpha value is -1.67. The minimum atomic E-state index is -0.567. The summed E-state index contributed by atoms with van der Waals surface area (Å²) in [6.07, 6.45) is 2.83. The number of hydrogen-bond donors (Lipinski definition) is 1. The molecule has 1 unspecified atom stereocenters. The molecule has 1 heterocycles. The van der Waals surface area contributed by atoms with Gasteiger partial charge in [0.2, 0.25) is 0 Å². The number of pyridine rings is 1. The van der Waals surface area contributed by atoms with E-state index >= 15 is 0 Å². The average molecular weight is 213 g/mol. The Kier molecular flexibility index (Phi) is 3.02. The third-order valence-electron chi connectivity index (χ3n) is 2.75. The molecule has 1 aromatic carbocycles. The van der Waals surface area contributed by atoms with Crippen molar-refractivity contribution in [3.05, 3.63) is 65.0 Å². The van der Waals surface area contributed by atoms with Crippen molar-refractivity contribution in [2.24, 2.45) is 0 Å². The van der Waals surface area contributed by atoms with Crippen molar-refractivity contribution in [2.45, 2.75) is 20.0 Å². The second-order valence-corrected chi connectivity index (χ2v) is 4.04. The molecule has 1 N–H and O–H groups in total. The summed E-state index contributed by atoms with van der Waals surface area (Å²) < 4.78 is 0. The third-order valence-corrected chi connectivity index (χ3v) is 2.75. The van der Waals surface area contributed by atoms with E-state index in [2.05, 4.69) is 11.1 Å². The maximum atomic E-state index is 10.3. The molecule has 0 aliphatic rings. The van der Waals surface area contributed by atoms with Crippen molar-refractivity contribution in [1.82, 2.24) is 4.98 Å². The zero-order chi connectivity index (χ0) is 11.5. The number of hydrogen-bond acceptors (Lipinski definition) is 2. The van der Waals surface area contributed by atoms with Crippen molar-refractivity contribution >= 4 is 0 Å². The van der Waals surface area contributed by atoms with E-state index in [1.807, 2.05) is 38.1 Å². The fourth-order valence-electron chi connectivity index (χ4n) is 1.78. The molecular weight excluding hydrogens is 198 g/mol. The molecule has 2 aromatic rings. The van der Waals surface area contributed by atoms with E-state index in [1.165, 1.54) is 0 Å². The van der Waals surface area contributed by atoms with Gasteiger partial charge in [-0.1, -0.05) is 23.8 Å². The number of aromatic nitrogens is 1. The Balaban J connectivity index is 2.41. The third kappa shape index (κ3) is 2.12. The quantitative estimate of drug-likeness (QED) is 0.832. The Bertz CT molecular complexity index is 479. The Labute approximate surface area is 95.6 Å². The minimum Gasteiger partial charge on any atom is -0.384 e. The highest BCUT2D eigenvalue weighted by Gasteiger charge is 2.12. The maximum absolute atomic E-state index is 10.3. The molecule has 0 amide bonds. The highest BCUT2D eigenvalue weighted by atomic mass is 16.3. The Morgan fingerprint density at radius 2 is 1.75 bits per heavy atom. The van der Waals surface area contributed by atoms with Gasteiger partial charge in [-0.15, -0.1) is 0 Å². The highest BCUT2D eigenvalue weighted by Crippen LogP contribution is 2.24. The molecule has 1 aromatic heterocycles. The summed E-state index contributed by atoms with van der Waals surface area (Å²) in [5.41, 5.74) is 4.11. The molecule has 0 fully saturated rings. The summed E-state index contributed by atoms with van der Waals surface area (Å²) in [7, 11) is 0. The van der Waals surface area contributed by atoms with Gasteiger partial charge in [0.05, 0.1) is 0 Å². The molecule has 16 heavy (non-hydrogen) atoms. The van der Waals surface area contributed by atoms with Crippen LogP contribution in [0.1, 0.15) is 28.4 Å². The monoisotopic (exact) mass is 213 g/mol. The first-order valence-corrected chi connectivity index (χ1v) is 5.33. The van der Waals surface area contributed by atoms with Gasteiger partial charge >= 0.3 is 0 Å². The van der Waals surface area contributed by atoms with E-state index < -0.39 is 6.10 Å². The minimum absolute atomic E-state index is 0.567. The van der Waals surface area contributed by atoms with Crippen LogP contribution in [0.5, 0.6) is 0 Å². The predicted octanol–water partition coefficient (Wildman–Crippen LogP) is 2.78. The second-order valence-electron chi connectivity index (χ2n) is 4.04. The number of aryl methyl sites for hydroxylation is 2. The molecule has 82 valence electrons. The van der Waals surface area contributed by atoms with Crippen LogP contribution in [0.15, 0.2) is 42.7 Å². The molecular formula is C14H15NO. The molecule has 0 saturated heterocycles. The predicted molar refractivity (Wildman–Crippen MR) is 64.2 cm³/mol. The summed E-state index contributed by atoms with van der Waals surface area (Å²) in [6, 6.07) is 9.80. The SMILES string of the molecule is Cc1ccc(C)c(C(O)c2ccncc2)c1. The van der Waals surface area contributed by atoms with E-state index in [0.717, 1.165) is 22.3 Å². The molecule has 2 heteroatoms. The normalized spacial score (nSPS) is 12.4. The van der Waals surface area contributed by atoms with Gasteiger partial charge in [-0.05, 0) is 42.7 Å². The van der Waals surface area contributed by atoms with Crippen LogP contribution in [-0.2, 0) is 0 Å². The largest absolute Gasteiger partial charge is 0.384 e. The van der Waals surface area contributed by atoms with E-state index in [1.54, 1.807) is 12.4 Å². The van der Waals surface area contributed by atoms with Crippen molar-refractivity contribution < 1.29 is 5.11 Å². The molecule has 0 aliphatic heterocycles. The first-order chi connectivity index (χ1) is 7.68. The smallest absolute Gasteiger partial charge is 0.104 e. The van der Waals surface area contributed by atoms with Crippen LogP contribution in [0, 0.1) is 13.8 Å². The van der Waals surface area contributed by atoms with Gasteiger partial charge in [-0.25, -0.2) is 0 Å². The fourth-order valence-corrected chi connectivity index (χ4v) is 1.78. The molecule has 0 radical (unpaired) electrons. The van der Waals surface area contributed by atoms with Crippen LogP contribution in [0.25, 0.3) is 0 Å². The average Bonchev–Trinajstić information content (AvgIpc) is 2.32. The van der Waals surface area contributed by atoms with Crippen LogP contribution in [0.3, 0.4) is 0 Å². The summed E-state index contributed by atoms with van der Waals surface area (Å²) in [5.74, 6) is 0. The lowest BCUT2D eigenvalue weighted by Gasteiger charge is -2.14. The number of aliphatic hydroxyl groups is 1. The number of nitrogens with zero attached hydrogens (tertiary/aromatic N) is 1. The first kappa shape index (κ1) is 10.8. The van der Waals surface area contributed by atoms with Crippen LogP contribution < -0.4 is 0 Å². The van der Waals surface area contributed by atoms with Crippen LogP contribution >= 0.6 is 0 Å². The molecule has 0 bridgehead atoms. The summed E-state index contributed by atoms with van der Waals surface area (Å²) in [6.45, 7) is 4.04. The van der Waals surface area contributed by atoms with Gasteiger partial charge in [0.25, 0.3) is 0 Å². The lowest BCUT2D eigenvalue weighted by molar-refractivity contribution is 0.219. The lowest BCUT2D eigenvalue weighted by atomic mass is 9.96. The van der Waals surface area contributed by atoms with Gasteiger partial charge in [0.15, 0.2) is 0 Å². The lowest BCUT2D eigenvalue weighted by Crippen LogP contribution is -2.02. The second kappa shape index (κ2) is 4.45. The highest BCUT2D eigenvalue weighted by molar-refractivity contribution is 5.37. The van der Waals surface area contributed by atoms with Gasteiger partial charge in [0, 0.05) is 12.4 Å². The molecule has 0 spiro atoms. The van der Waals surface area contributed by atoms with Crippen LogP contribution in [0.4, 0.5) is 0 Å². The zero-order valence-corrected chi connectivity index (χ0v) is 9.51. The van der Waals surface area contributed by atoms with E-state index in [9.17, 15) is 5.11 Å². The van der Waals surface area contributed by atoms with Crippen molar-refractivity contribution in [3.63, 3.8) is 0 Å². The van der Waals surface area contributed by atoms with Crippen molar-refractivity contribution in [2.75, 3.05) is 0 Å². The van der Waals surface area contributed by atoms with Crippen molar-refractivity contribution in [1.29, 1.82) is 0 Å². The maximum Gasteiger partial charge on any atom is 0.104 e. The van der Waals surface area contributed by atoms with E-state index in [-0.39, 0.29) is 0 Å². The van der Waals surface area contributed by atoms with Gasteiger partial charge in [0.1, 0.15) is 6.10 Å². The first-order valence-electron chi connectivity index (χ1n) is 5.33. The van der Waals surface area contributed by atoms with Gasteiger partial charge in [-0.2, -0.15) is 0 Å². The number of rotatable bonds is 2. The van der Waals surface area contributed by atoms with E-state index in [4.69, 9.17) is 0 Å². The topological polar surface area (TPSA) is 33.1 Å². The number of aliphatic hydroxyl groups excluding tert-OH is 1. The van der Waals surface area contributed by atoms with Crippen LogP contribution in [-0.4, -0.2) is 10.1 Å². The van der Waals surface area contributed by atoms with Crippen LogP contribution in [0.2, 0.25) is 0 Å². The Morgan fingerprint density at radius 1 is 1.06 bits per heavy atom. The van der Waals surface area contributed by atoms with E-state index in [0.29, 0.717) is 0 Å².